The van der Waals surface area contributed by atoms with E-state index in [1.807, 2.05) is 66.5 Å². The smallest absolute Gasteiger partial charge is 0.164 e. The van der Waals surface area contributed by atoms with Crippen LogP contribution in [0.25, 0.3) is 0 Å². The molecule has 3 rings (SSSR count). The predicted octanol–water partition coefficient (Wildman–Crippen LogP) is 4.47. The Hall–Kier alpha value is -1.75. The molecule has 4 heteroatoms. The summed E-state index contributed by atoms with van der Waals surface area (Å²) in [5, 5.41) is 12.8. The third kappa shape index (κ3) is 3.19. The fraction of sp³-hybridized carbons (Fsp3) is 0.167. The van der Waals surface area contributed by atoms with Crippen LogP contribution in [0.4, 0.5) is 0 Å². The summed E-state index contributed by atoms with van der Waals surface area (Å²) in [6, 6.07) is 19.1. The first-order valence-corrected chi connectivity index (χ1v) is 9.83. The number of allylic oxidation sites excluding steroid dienone is 1. The summed E-state index contributed by atoms with van der Waals surface area (Å²) in [6.45, 7) is 0. The molecule has 0 atom stereocenters. The van der Waals surface area contributed by atoms with Crippen molar-refractivity contribution in [2.75, 3.05) is 0 Å². The fourth-order valence-corrected chi connectivity index (χ4v) is 5.97. The summed E-state index contributed by atoms with van der Waals surface area (Å²) in [4.78, 5) is 0.957. The van der Waals surface area contributed by atoms with Gasteiger partial charge >= 0.3 is 0 Å². The summed E-state index contributed by atoms with van der Waals surface area (Å²) in [5.41, 5.74) is 0. The van der Waals surface area contributed by atoms with Gasteiger partial charge in [-0.3, -0.25) is 0 Å². The average Bonchev–Trinajstić information content (AvgIpc) is 3.41. The highest BCUT2D eigenvalue weighted by Gasteiger charge is 2.32. The second-order valence-electron chi connectivity index (χ2n) is 5.33. The molecule has 2 aromatic rings. The molecule has 1 fully saturated rings. The molecule has 0 saturated heterocycles. The molecule has 0 N–H and O–H groups in total. The summed E-state index contributed by atoms with van der Waals surface area (Å²) in [6.07, 6.45) is 2.17. The van der Waals surface area contributed by atoms with Gasteiger partial charge in [0.05, 0.1) is 0 Å². The van der Waals surface area contributed by atoms with Crippen LogP contribution in [-0.4, -0.2) is 0 Å². The van der Waals surface area contributed by atoms with Crippen LogP contribution in [0.2, 0.25) is 0 Å². The van der Waals surface area contributed by atoms with Crippen molar-refractivity contribution in [3.8, 4) is 5.40 Å². The van der Waals surface area contributed by atoms with Gasteiger partial charge in [-0.05, 0) is 36.3 Å². The van der Waals surface area contributed by atoms with Crippen molar-refractivity contribution in [1.29, 1.82) is 5.26 Å². The highest BCUT2D eigenvalue weighted by Crippen LogP contribution is 2.52. The Morgan fingerprint density at radius 1 is 1.05 bits per heavy atom. The van der Waals surface area contributed by atoms with Crippen LogP contribution >= 0.6 is 18.9 Å². The summed E-state index contributed by atoms with van der Waals surface area (Å²) in [5.74, 6) is 2.27. The summed E-state index contributed by atoms with van der Waals surface area (Å²) >= 11 is 1.16. The van der Waals surface area contributed by atoms with Crippen molar-refractivity contribution >= 4 is 29.5 Å². The van der Waals surface area contributed by atoms with E-state index in [0.29, 0.717) is 5.92 Å². The minimum Gasteiger partial charge on any atom is -0.309 e. The normalized spacial score (nSPS) is 15.3. The first kappa shape index (κ1) is 15.2. The zero-order valence-electron chi connectivity index (χ0n) is 12.1. The lowest BCUT2D eigenvalue weighted by Gasteiger charge is -2.17. The largest absolute Gasteiger partial charge is 0.309 e. The van der Waals surface area contributed by atoms with Crippen molar-refractivity contribution in [2.45, 2.75) is 12.8 Å². The van der Waals surface area contributed by atoms with E-state index in [1.165, 1.54) is 0 Å². The van der Waals surface area contributed by atoms with Crippen molar-refractivity contribution in [3.05, 3.63) is 71.4 Å². The van der Waals surface area contributed by atoms with Crippen LogP contribution in [0.3, 0.4) is 0 Å². The van der Waals surface area contributed by atoms with E-state index in [-0.39, 0.29) is 0 Å². The molecule has 1 aliphatic carbocycles. The molecule has 1 aliphatic rings. The standard InChI is InChI=1S/C18H16NOPS/c19-14-22-18(15-11-12-15)13-21(20,16-7-3-1-4-8-16)17-9-5-2-6-10-17/h1-10,13,15H,11-12H2. The van der Waals surface area contributed by atoms with E-state index in [4.69, 9.17) is 5.26 Å². The number of nitriles is 1. The lowest BCUT2D eigenvalue weighted by molar-refractivity contribution is 0.592. The molecular weight excluding hydrogens is 309 g/mol. The van der Waals surface area contributed by atoms with E-state index in [2.05, 4.69) is 5.40 Å². The maximum atomic E-state index is 13.8. The van der Waals surface area contributed by atoms with Gasteiger partial charge in [0.15, 0.2) is 7.14 Å². The van der Waals surface area contributed by atoms with Crippen LogP contribution in [-0.2, 0) is 4.57 Å². The molecule has 0 aromatic heterocycles. The van der Waals surface area contributed by atoms with Gasteiger partial charge in [-0.1, -0.05) is 60.7 Å². The Morgan fingerprint density at radius 2 is 1.55 bits per heavy atom. The first-order chi connectivity index (χ1) is 10.7. The zero-order valence-corrected chi connectivity index (χ0v) is 13.8. The predicted molar refractivity (Wildman–Crippen MR) is 93.8 cm³/mol. The van der Waals surface area contributed by atoms with E-state index in [0.717, 1.165) is 40.1 Å². The fourth-order valence-electron chi connectivity index (χ4n) is 2.41. The number of thiocyanates is 1. The summed E-state index contributed by atoms with van der Waals surface area (Å²) < 4.78 is 13.8. The maximum absolute atomic E-state index is 13.8. The number of thioether (sulfide) groups is 1. The van der Waals surface area contributed by atoms with E-state index < -0.39 is 7.14 Å². The van der Waals surface area contributed by atoms with Gasteiger partial charge in [-0.2, -0.15) is 5.26 Å². The van der Waals surface area contributed by atoms with E-state index in [9.17, 15) is 4.57 Å². The highest BCUT2D eigenvalue weighted by atomic mass is 32.2. The molecule has 1 saturated carbocycles. The number of hydrogen-bond acceptors (Lipinski definition) is 3. The highest BCUT2D eigenvalue weighted by molar-refractivity contribution is 8.07. The molecule has 2 aromatic carbocycles. The molecular formula is C18H16NOPS. The topological polar surface area (TPSA) is 40.9 Å². The van der Waals surface area contributed by atoms with Gasteiger partial charge in [0.2, 0.25) is 0 Å². The van der Waals surface area contributed by atoms with Gasteiger partial charge in [-0.25, -0.2) is 0 Å². The first-order valence-electron chi connectivity index (χ1n) is 7.24. The molecule has 0 unspecified atom stereocenters. The minimum atomic E-state index is -2.86. The van der Waals surface area contributed by atoms with Gasteiger partial charge in [0.25, 0.3) is 0 Å². The second kappa shape index (κ2) is 6.57. The van der Waals surface area contributed by atoms with Crippen molar-refractivity contribution in [3.63, 3.8) is 0 Å². The molecule has 0 spiro atoms. The molecule has 0 aliphatic heterocycles. The van der Waals surface area contributed by atoms with E-state index >= 15 is 0 Å². The Bertz CT molecular complexity index is 717. The average molecular weight is 325 g/mol. The number of rotatable bonds is 5. The summed E-state index contributed by atoms with van der Waals surface area (Å²) in [7, 11) is -2.86. The Kier molecular flexibility index (Phi) is 4.52. The molecule has 0 radical (unpaired) electrons. The van der Waals surface area contributed by atoms with Gasteiger partial charge in [-0.15, -0.1) is 0 Å². The van der Waals surface area contributed by atoms with Crippen LogP contribution in [0.5, 0.6) is 0 Å². The molecule has 2 nitrogen and oxygen atoms in total. The molecule has 22 heavy (non-hydrogen) atoms. The Balaban J connectivity index is 2.14. The SMILES string of the molecule is N#CSC(=CP(=O)(c1ccccc1)c1ccccc1)C1CC1. The van der Waals surface area contributed by atoms with E-state index in [1.54, 1.807) is 0 Å². The zero-order chi connectivity index (χ0) is 15.4. The maximum Gasteiger partial charge on any atom is 0.164 e. The van der Waals surface area contributed by atoms with Gasteiger partial charge in [0.1, 0.15) is 5.40 Å². The molecule has 0 bridgehead atoms. The lowest BCUT2D eigenvalue weighted by Crippen LogP contribution is -2.14. The minimum absolute atomic E-state index is 0.408. The van der Waals surface area contributed by atoms with Crippen LogP contribution in [0.15, 0.2) is 71.4 Å². The van der Waals surface area contributed by atoms with Crippen LogP contribution in [0.1, 0.15) is 12.8 Å². The monoisotopic (exact) mass is 325 g/mol. The number of nitrogens with zero attached hydrogens (tertiary/aromatic N) is 1. The number of hydrogen-bond donors (Lipinski definition) is 0. The van der Waals surface area contributed by atoms with Crippen molar-refractivity contribution in [1.82, 2.24) is 0 Å². The Labute approximate surface area is 135 Å². The third-order valence-electron chi connectivity index (χ3n) is 3.73. The van der Waals surface area contributed by atoms with Crippen molar-refractivity contribution in [2.24, 2.45) is 5.92 Å². The number of benzene rings is 2. The van der Waals surface area contributed by atoms with Gasteiger partial charge in [0, 0.05) is 15.5 Å². The molecule has 110 valence electrons. The molecule has 0 heterocycles. The Morgan fingerprint density at radius 3 is 1.95 bits per heavy atom. The third-order valence-corrected chi connectivity index (χ3v) is 7.46. The second-order valence-corrected chi connectivity index (χ2v) is 8.79. The van der Waals surface area contributed by atoms with Crippen molar-refractivity contribution < 1.29 is 4.57 Å². The molecule has 0 amide bonds. The van der Waals surface area contributed by atoms with Gasteiger partial charge < -0.3 is 4.57 Å². The van der Waals surface area contributed by atoms with Crippen LogP contribution < -0.4 is 10.6 Å². The lowest BCUT2D eigenvalue weighted by atomic mass is 10.4. The van der Waals surface area contributed by atoms with Crippen LogP contribution in [0, 0.1) is 16.6 Å². The quantitative estimate of drug-likeness (QED) is 0.602.